The van der Waals surface area contributed by atoms with Crippen molar-refractivity contribution in [1.29, 1.82) is 0 Å². The first kappa shape index (κ1) is 12.0. The van der Waals surface area contributed by atoms with Crippen molar-refractivity contribution in [2.75, 3.05) is 6.61 Å². The van der Waals surface area contributed by atoms with Crippen LogP contribution in [0.25, 0.3) is 0 Å². The van der Waals surface area contributed by atoms with E-state index in [1.807, 2.05) is 12.3 Å². The van der Waals surface area contributed by atoms with E-state index in [1.54, 1.807) is 6.20 Å². The summed E-state index contributed by atoms with van der Waals surface area (Å²) < 4.78 is 17.8. The zero-order chi connectivity index (χ0) is 11.5. The summed E-state index contributed by atoms with van der Waals surface area (Å²) in [4.78, 5) is 4.08. The van der Waals surface area contributed by atoms with E-state index in [4.69, 9.17) is 4.74 Å². The number of nitrogens with zero attached hydrogens (tertiary/aromatic N) is 1. The summed E-state index contributed by atoms with van der Waals surface area (Å²) in [7, 11) is 0. The number of pyridine rings is 1. The van der Waals surface area contributed by atoms with Gasteiger partial charge in [-0.1, -0.05) is 20.8 Å². The predicted octanol–water partition coefficient (Wildman–Crippen LogP) is 3.12. The average Bonchev–Trinajstić information content (AvgIpc) is 2.14. The van der Waals surface area contributed by atoms with E-state index in [0.717, 1.165) is 5.56 Å². The second kappa shape index (κ2) is 4.60. The standard InChI is InChI=1S/C12H18FNO/c1-9(13)8-15-11-5-10(6-14-7-11)12(2,3)4/h5-7,9H,8H2,1-4H3. The molecule has 0 aliphatic carbocycles. The van der Waals surface area contributed by atoms with Crippen molar-refractivity contribution in [3.05, 3.63) is 24.0 Å². The van der Waals surface area contributed by atoms with E-state index >= 15 is 0 Å². The Morgan fingerprint density at radius 2 is 2.07 bits per heavy atom. The van der Waals surface area contributed by atoms with Gasteiger partial charge in [0.15, 0.2) is 0 Å². The molecule has 3 heteroatoms. The molecular weight excluding hydrogens is 193 g/mol. The molecule has 0 spiro atoms. The van der Waals surface area contributed by atoms with Crippen molar-refractivity contribution in [2.24, 2.45) is 0 Å². The Bertz CT molecular complexity index is 318. The van der Waals surface area contributed by atoms with E-state index in [2.05, 4.69) is 25.8 Å². The van der Waals surface area contributed by atoms with Gasteiger partial charge in [0.25, 0.3) is 0 Å². The third kappa shape index (κ3) is 3.86. The molecule has 1 aromatic rings. The van der Waals surface area contributed by atoms with Gasteiger partial charge >= 0.3 is 0 Å². The Balaban J connectivity index is 2.75. The number of aromatic nitrogens is 1. The van der Waals surface area contributed by atoms with Crippen LogP contribution in [0, 0.1) is 0 Å². The lowest BCUT2D eigenvalue weighted by Crippen LogP contribution is -2.13. The number of hydrogen-bond donors (Lipinski definition) is 0. The first-order valence-corrected chi connectivity index (χ1v) is 5.12. The highest BCUT2D eigenvalue weighted by molar-refractivity contribution is 5.28. The van der Waals surface area contributed by atoms with Gasteiger partial charge < -0.3 is 4.74 Å². The molecule has 0 saturated carbocycles. The van der Waals surface area contributed by atoms with Crippen molar-refractivity contribution in [3.63, 3.8) is 0 Å². The lowest BCUT2D eigenvalue weighted by Gasteiger charge is -2.19. The first-order valence-electron chi connectivity index (χ1n) is 5.12. The molecule has 1 unspecified atom stereocenters. The highest BCUT2D eigenvalue weighted by Gasteiger charge is 2.14. The van der Waals surface area contributed by atoms with Crippen LogP contribution in [-0.4, -0.2) is 17.8 Å². The van der Waals surface area contributed by atoms with E-state index in [0.29, 0.717) is 5.75 Å². The molecule has 0 fully saturated rings. The van der Waals surface area contributed by atoms with Gasteiger partial charge in [-0.05, 0) is 24.0 Å². The molecule has 84 valence electrons. The number of halogens is 1. The minimum absolute atomic E-state index is 0.0354. The normalized spacial score (nSPS) is 13.7. The summed E-state index contributed by atoms with van der Waals surface area (Å²) in [5.74, 6) is 0.631. The molecule has 0 radical (unpaired) electrons. The summed E-state index contributed by atoms with van der Waals surface area (Å²) in [6.07, 6.45) is 2.46. The Morgan fingerprint density at radius 1 is 1.40 bits per heavy atom. The van der Waals surface area contributed by atoms with Crippen molar-refractivity contribution in [3.8, 4) is 5.75 Å². The largest absolute Gasteiger partial charge is 0.489 e. The highest BCUT2D eigenvalue weighted by atomic mass is 19.1. The summed E-state index contributed by atoms with van der Waals surface area (Å²) in [6.45, 7) is 7.86. The molecule has 15 heavy (non-hydrogen) atoms. The lowest BCUT2D eigenvalue weighted by atomic mass is 9.88. The quantitative estimate of drug-likeness (QED) is 0.766. The van der Waals surface area contributed by atoms with Gasteiger partial charge in [0.1, 0.15) is 18.5 Å². The molecular formula is C12H18FNO. The summed E-state index contributed by atoms with van der Waals surface area (Å²) in [5.41, 5.74) is 1.12. The van der Waals surface area contributed by atoms with Crippen molar-refractivity contribution in [1.82, 2.24) is 4.98 Å². The van der Waals surface area contributed by atoms with Gasteiger partial charge in [0.2, 0.25) is 0 Å². The van der Waals surface area contributed by atoms with Crippen LogP contribution in [0.5, 0.6) is 5.75 Å². The maximum Gasteiger partial charge on any atom is 0.138 e. The zero-order valence-electron chi connectivity index (χ0n) is 9.75. The fraction of sp³-hybridized carbons (Fsp3) is 0.583. The summed E-state index contributed by atoms with van der Waals surface area (Å²) in [6, 6.07) is 1.91. The predicted molar refractivity (Wildman–Crippen MR) is 59.0 cm³/mol. The Morgan fingerprint density at radius 3 is 2.60 bits per heavy atom. The average molecular weight is 211 g/mol. The van der Waals surface area contributed by atoms with Gasteiger partial charge in [-0.15, -0.1) is 0 Å². The van der Waals surface area contributed by atoms with E-state index < -0.39 is 6.17 Å². The zero-order valence-corrected chi connectivity index (χ0v) is 9.75. The third-order valence-corrected chi connectivity index (χ3v) is 2.06. The van der Waals surface area contributed by atoms with Crippen molar-refractivity contribution >= 4 is 0 Å². The smallest absolute Gasteiger partial charge is 0.138 e. The third-order valence-electron chi connectivity index (χ3n) is 2.06. The van der Waals surface area contributed by atoms with Crippen molar-refractivity contribution in [2.45, 2.75) is 39.3 Å². The molecule has 1 aromatic heterocycles. The minimum Gasteiger partial charge on any atom is -0.489 e. The monoisotopic (exact) mass is 211 g/mol. The molecule has 1 rings (SSSR count). The summed E-state index contributed by atoms with van der Waals surface area (Å²) in [5, 5.41) is 0. The lowest BCUT2D eigenvalue weighted by molar-refractivity contribution is 0.209. The van der Waals surface area contributed by atoms with E-state index in [-0.39, 0.29) is 12.0 Å². The van der Waals surface area contributed by atoms with Crippen molar-refractivity contribution < 1.29 is 9.13 Å². The SMILES string of the molecule is CC(F)COc1cncc(C(C)(C)C)c1. The van der Waals surface area contributed by atoms with E-state index in [9.17, 15) is 4.39 Å². The van der Waals surface area contributed by atoms with Crippen LogP contribution < -0.4 is 4.74 Å². The molecule has 0 bridgehead atoms. The maximum absolute atomic E-state index is 12.6. The molecule has 0 amide bonds. The van der Waals surface area contributed by atoms with Gasteiger partial charge in [0, 0.05) is 6.20 Å². The second-order valence-corrected chi connectivity index (χ2v) is 4.75. The molecule has 0 saturated heterocycles. The van der Waals surface area contributed by atoms with Crippen LogP contribution in [0.15, 0.2) is 18.5 Å². The number of rotatable bonds is 3. The first-order chi connectivity index (χ1) is 6.89. The van der Waals surface area contributed by atoms with Crippen LogP contribution >= 0.6 is 0 Å². The summed E-state index contributed by atoms with van der Waals surface area (Å²) >= 11 is 0. The Kier molecular flexibility index (Phi) is 3.66. The minimum atomic E-state index is -0.955. The maximum atomic E-state index is 12.6. The van der Waals surface area contributed by atoms with E-state index in [1.165, 1.54) is 6.92 Å². The number of hydrogen-bond acceptors (Lipinski definition) is 2. The van der Waals surface area contributed by atoms with Crippen LogP contribution in [0.2, 0.25) is 0 Å². The van der Waals surface area contributed by atoms with Crippen LogP contribution in [0.1, 0.15) is 33.3 Å². The number of alkyl halides is 1. The Hall–Kier alpha value is -1.12. The highest BCUT2D eigenvalue weighted by Crippen LogP contribution is 2.24. The number of ether oxygens (including phenoxy) is 1. The second-order valence-electron chi connectivity index (χ2n) is 4.75. The fourth-order valence-electron chi connectivity index (χ4n) is 1.12. The van der Waals surface area contributed by atoms with Crippen LogP contribution in [0.3, 0.4) is 0 Å². The Labute approximate surface area is 90.5 Å². The topological polar surface area (TPSA) is 22.1 Å². The van der Waals surface area contributed by atoms with Gasteiger partial charge in [0.05, 0.1) is 6.20 Å². The van der Waals surface area contributed by atoms with Crippen LogP contribution in [0.4, 0.5) is 4.39 Å². The molecule has 1 atom stereocenters. The van der Waals surface area contributed by atoms with Crippen LogP contribution in [-0.2, 0) is 5.41 Å². The molecule has 0 aromatic carbocycles. The fourth-order valence-corrected chi connectivity index (χ4v) is 1.12. The van der Waals surface area contributed by atoms with Gasteiger partial charge in [-0.2, -0.15) is 0 Å². The molecule has 0 aliphatic rings. The van der Waals surface area contributed by atoms with Gasteiger partial charge in [-0.25, -0.2) is 4.39 Å². The molecule has 1 heterocycles. The molecule has 0 N–H and O–H groups in total. The van der Waals surface area contributed by atoms with Gasteiger partial charge in [-0.3, -0.25) is 4.98 Å². The molecule has 2 nitrogen and oxygen atoms in total. The molecule has 0 aliphatic heterocycles.